The zero-order chi connectivity index (χ0) is 16.6. The van der Waals surface area contributed by atoms with Crippen LogP contribution in [0.4, 0.5) is 0 Å². The molecule has 3 heterocycles. The SMILES string of the molecule is CCc1ccc(-c2noc(-c3cn(CC4(C)COC4)nn3)n2)cc1. The van der Waals surface area contributed by atoms with E-state index >= 15 is 0 Å². The van der Waals surface area contributed by atoms with Gasteiger partial charge in [-0.1, -0.05) is 48.5 Å². The number of rotatable bonds is 5. The summed E-state index contributed by atoms with van der Waals surface area (Å²) in [6.07, 6.45) is 2.84. The summed E-state index contributed by atoms with van der Waals surface area (Å²) in [6.45, 7) is 6.56. The van der Waals surface area contributed by atoms with Crippen LogP contribution in [0.5, 0.6) is 0 Å². The van der Waals surface area contributed by atoms with Gasteiger partial charge in [-0.25, -0.2) is 0 Å². The van der Waals surface area contributed by atoms with E-state index in [0.29, 0.717) is 17.4 Å². The molecule has 7 nitrogen and oxygen atoms in total. The first-order valence-electron chi connectivity index (χ1n) is 8.06. The lowest BCUT2D eigenvalue weighted by Gasteiger charge is -2.37. The zero-order valence-electron chi connectivity index (χ0n) is 13.8. The average molecular weight is 325 g/mol. The molecule has 4 rings (SSSR count). The smallest absolute Gasteiger partial charge is 0.280 e. The molecule has 2 aromatic heterocycles. The predicted octanol–water partition coefficient (Wildman–Crippen LogP) is 2.59. The second kappa shape index (κ2) is 5.83. The lowest BCUT2D eigenvalue weighted by molar-refractivity contribution is -0.111. The number of hydrogen-bond donors (Lipinski definition) is 0. The van der Waals surface area contributed by atoms with Gasteiger partial charge in [-0.3, -0.25) is 4.68 Å². The minimum atomic E-state index is 0.131. The molecule has 0 atom stereocenters. The van der Waals surface area contributed by atoms with E-state index in [1.807, 2.05) is 18.3 Å². The van der Waals surface area contributed by atoms with Gasteiger partial charge in [-0.05, 0) is 12.0 Å². The topological polar surface area (TPSA) is 78.9 Å². The normalized spacial score (nSPS) is 16.1. The van der Waals surface area contributed by atoms with E-state index in [1.54, 1.807) is 4.68 Å². The molecule has 1 fully saturated rings. The zero-order valence-corrected chi connectivity index (χ0v) is 13.8. The van der Waals surface area contributed by atoms with Crippen LogP contribution in [0.25, 0.3) is 23.0 Å². The highest BCUT2D eigenvalue weighted by Crippen LogP contribution is 2.28. The summed E-state index contributed by atoms with van der Waals surface area (Å²) >= 11 is 0. The second-order valence-corrected chi connectivity index (χ2v) is 6.58. The molecular formula is C17H19N5O2. The van der Waals surface area contributed by atoms with E-state index in [2.05, 4.69) is 46.4 Å². The summed E-state index contributed by atoms with van der Waals surface area (Å²) in [5.41, 5.74) is 2.92. The summed E-state index contributed by atoms with van der Waals surface area (Å²) < 4.78 is 12.4. The fourth-order valence-electron chi connectivity index (χ4n) is 2.74. The van der Waals surface area contributed by atoms with E-state index in [-0.39, 0.29) is 5.41 Å². The highest BCUT2D eigenvalue weighted by Gasteiger charge is 2.34. The van der Waals surface area contributed by atoms with Gasteiger partial charge < -0.3 is 9.26 Å². The molecular weight excluding hydrogens is 306 g/mol. The Morgan fingerprint density at radius 1 is 1.21 bits per heavy atom. The number of benzene rings is 1. The summed E-state index contributed by atoms with van der Waals surface area (Å²) in [4.78, 5) is 4.43. The molecule has 0 aliphatic carbocycles. The van der Waals surface area contributed by atoms with Crippen LogP contribution >= 0.6 is 0 Å². The standard InChI is InChI=1S/C17H19N5O2/c1-3-12-4-6-13(7-5-12)15-18-16(24-20-15)14-8-22(21-19-14)9-17(2)10-23-11-17/h4-8H,3,9-11H2,1-2H3. The molecule has 1 aromatic carbocycles. The second-order valence-electron chi connectivity index (χ2n) is 6.58. The highest BCUT2D eigenvalue weighted by molar-refractivity contribution is 5.57. The number of hydrogen-bond acceptors (Lipinski definition) is 6. The molecule has 0 bridgehead atoms. The number of aryl methyl sites for hydroxylation is 1. The summed E-state index contributed by atoms with van der Waals surface area (Å²) in [6, 6.07) is 8.15. The third kappa shape index (κ3) is 2.82. The van der Waals surface area contributed by atoms with Crippen molar-refractivity contribution in [1.82, 2.24) is 25.1 Å². The van der Waals surface area contributed by atoms with Gasteiger partial charge in [0.2, 0.25) is 5.82 Å². The third-order valence-corrected chi connectivity index (χ3v) is 4.25. The summed E-state index contributed by atoms with van der Waals surface area (Å²) in [5, 5.41) is 12.3. The summed E-state index contributed by atoms with van der Waals surface area (Å²) in [5.74, 6) is 0.937. The fraction of sp³-hybridized carbons (Fsp3) is 0.412. The Labute approximate surface area is 139 Å². The van der Waals surface area contributed by atoms with E-state index in [1.165, 1.54) is 5.56 Å². The van der Waals surface area contributed by atoms with Crippen molar-refractivity contribution in [1.29, 1.82) is 0 Å². The Bertz CT molecular complexity index is 833. The largest absolute Gasteiger partial charge is 0.380 e. The maximum Gasteiger partial charge on any atom is 0.280 e. The van der Waals surface area contributed by atoms with Crippen molar-refractivity contribution in [2.24, 2.45) is 5.41 Å². The van der Waals surface area contributed by atoms with E-state index in [0.717, 1.165) is 31.7 Å². The van der Waals surface area contributed by atoms with Crippen molar-refractivity contribution in [3.05, 3.63) is 36.0 Å². The number of nitrogens with zero attached hydrogens (tertiary/aromatic N) is 5. The Hall–Kier alpha value is -2.54. The van der Waals surface area contributed by atoms with Crippen LogP contribution in [-0.4, -0.2) is 38.3 Å². The molecule has 1 aliphatic rings. The van der Waals surface area contributed by atoms with Crippen LogP contribution < -0.4 is 0 Å². The van der Waals surface area contributed by atoms with E-state index in [9.17, 15) is 0 Å². The van der Waals surface area contributed by atoms with Crippen molar-refractivity contribution < 1.29 is 9.26 Å². The van der Waals surface area contributed by atoms with Gasteiger partial charge in [-0.15, -0.1) is 5.10 Å². The minimum absolute atomic E-state index is 0.131. The molecule has 0 unspecified atom stereocenters. The molecule has 3 aromatic rings. The van der Waals surface area contributed by atoms with Crippen LogP contribution in [-0.2, 0) is 17.7 Å². The van der Waals surface area contributed by atoms with Crippen LogP contribution in [0.1, 0.15) is 19.4 Å². The molecule has 0 saturated carbocycles. The quantitative estimate of drug-likeness (QED) is 0.717. The van der Waals surface area contributed by atoms with Crippen LogP contribution in [0, 0.1) is 5.41 Å². The van der Waals surface area contributed by atoms with Crippen molar-refractivity contribution in [2.45, 2.75) is 26.8 Å². The van der Waals surface area contributed by atoms with E-state index < -0.39 is 0 Å². The van der Waals surface area contributed by atoms with Crippen molar-refractivity contribution in [3.63, 3.8) is 0 Å². The Morgan fingerprint density at radius 3 is 2.67 bits per heavy atom. The van der Waals surface area contributed by atoms with Gasteiger partial charge in [0.15, 0.2) is 5.69 Å². The first-order valence-corrected chi connectivity index (χ1v) is 8.06. The monoisotopic (exact) mass is 325 g/mol. The van der Waals surface area contributed by atoms with Crippen LogP contribution in [0.3, 0.4) is 0 Å². The van der Waals surface area contributed by atoms with Gasteiger partial charge in [-0.2, -0.15) is 4.98 Å². The van der Waals surface area contributed by atoms with Crippen molar-refractivity contribution in [3.8, 4) is 23.0 Å². The maximum absolute atomic E-state index is 5.34. The summed E-state index contributed by atoms with van der Waals surface area (Å²) in [7, 11) is 0. The third-order valence-electron chi connectivity index (χ3n) is 4.25. The lowest BCUT2D eigenvalue weighted by atomic mass is 9.89. The van der Waals surface area contributed by atoms with Gasteiger partial charge >= 0.3 is 0 Å². The molecule has 1 saturated heterocycles. The van der Waals surface area contributed by atoms with Crippen LogP contribution in [0.15, 0.2) is 35.0 Å². The van der Waals surface area contributed by atoms with Gasteiger partial charge in [0.05, 0.1) is 26.0 Å². The molecule has 0 N–H and O–H groups in total. The Kier molecular flexibility index (Phi) is 3.65. The highest BCUT2D eigenvalue weighted by atomic mass is 16.5. The number of ether oxygens (including phenoxy) is 1. The molecule has 0 spiro atoms. The lowest BCUT2D eigenvalue weighted by Crippen LogP contribution is -2.43. The van der Waals surface area contributed by atoms with Crippen molar-refractivity contribution in [2.75, 3.05) is 13.2 Å². The molecule has 0 radical (unpaired) electrons. The van der Waals surface area contributed by atoms with Gasteiger partial charge in [0.1, 0.15) is 0 Å². The van der Waals surface area contributed by atoms with Crippen LogP contribution in [0.2, 0.25) is 0 Å². The van der Waals surface area contributed by atoms with E-state index in [4.69, 9.17) is 9.26 Å². The number of aromatic nitrogens is 5. The fourth-order valence-corrected chi connectivity index (χ4v) is 2.74. The Balaban J connectivity index is 1.53. The molecule has 7 heteroatoms. The molecule has 1 aliphatic heterocycles. The first-order chi connectivity index (χ1) is 11.6. The van der Waals surface area contributed by atoms with Crippen molar-refractivity contribution >= 4 is 0 Å². The molecule has 24 heavy (non-hydrogen) atoms. The molecule has 124 valence electrons. The average Bonchev–Trinajstić information content (AvgIpc) is 3.22. The first kappa shape index (κ1) is 15.0. The molecule has 0 amide bonds. The maximum atomic E-state index is 5.34. The Morgan fingerprint density at radius 2 is 2.00 bits per heavy atom. The minimum Gasteiger partial charge on any atom is -0.380 e. The van der Waals surface area contributed by atoms with Gasteiger partial charge in [0, 0.05) is 11.0 Å². The predicted molar refractivity (Wildman–Crippen MR) is 87.1 cm³/mol. The van der Waals surface area contributed by atoms with Gasteiger partial charge in [0.25, 0.3) is 5.89 Å².